The molecule has 1 rings (SSSR count). The van der Waals surface area contributed by atoms with E-state index in [1.807, 2.05) is 13.0 Å². The molecule has 20 heavy (non-hydrogen) atoms. The molecule has 4 nitrogen and oxygen atoms in total. The normalized spacial score (nSPS) is 13.3. The largest absolute Gasteiger partial charge is 0.735 e. The molecule has 0 heterocycles. The van der Waals surface area contributed by atoms with E-state index in [4.69, 9.17) is 9.78 Å². The van der Waals surface area contributed by atoms with Gasteiger partial charge in [0.05, 0.1) is 0 Å². The van der Waals surface area contributed by atoms with E-state index in [0.29, 0.717) is 5.75 Å². The fourth-order valence-corrected chi connectivity index (χ4v) is 2.36. The van der Waals surface area contributed by atoms with Crippen LogP contribution in [0.15, 0.2) is 12.1 Å². The van der Waals surface area contributed by atoms with Crippen molar-refractivity contribution in [1.29, 1.82) is 0 Å². The van der Waals surface area contributed by atoms with Gasteiger partial charge in [-0.05, 0) is 34.9 Å². The lowest BCUT2D eigenvalue weighted by Crippen LogP contribution is -2.18. The summed E-state index contributed by atoms with van der Waals surface area (Å²) in [7, 11) is -2.78. The first-order valence-corrected chi connectivity index (χ1v) is 7.72. The molecule has 112 valence electrons. The topological polar surface area (TPSA) is 55.8 Å². The van der Waals surface area contributed by atoms with Gasteiger partial charge in [0.1, 0.15) is 4.67 Å². The van der Waals surface area contributed by atoms with Gasteiger partial charge in [-0.2, -0.15) is 0 Å². The van der Waals surface area contributed by atoms with Crippen LogP contribution in [0, 0.1) is 6.92 Å². The Labute approximate surface area is 122 Å². The van der Waals surface area contributed by atoms with Gasteiger partial charge in [0.15, 0.2) is 5.75 Å². The maximum Gasteiger partial charge on any atom is 0.735 e. The average molecular weight is 299 g/mol. The molecule has 0 aliphatic heterocycles. The molecule has 0 spiro atoms. The van der Waals surface area contributed by atoms with Crippen LogP contribution in [0.5, 0.6) is 5.75 Å². The summed E-state index contributed by atoms with van der Waals surface area (Å²) >= 11 is 0. The first kappa shape index (κ1) is 17.1. The molecular weight excluding hydrogens is 275 g/mol. The summed E-state index contributed by atoms with van der Waals surface area (Å²) in [5.41, 5.74) is 3.10. The Morgan fingerprint density at radius 2 is 1.50 bits per heavy atom. The van der Waals surface area contributed by atoms with Crippen molar-refractivity contribution in [1.82, 2.24) is 0 Å². The van der Waals surface area contributed by atoms with Crippen LogP contribution in [0.2, 0.25) is 0 Å². The van der Waals surface area contributed by atoms with Gasteiger partial charge >= 0.3 is 8.25 Å². The summed E-state index contributed by atoms with van der Waals surface area (Å²) in [4.78, 5) is 13.8. The van der Waals surface area contributed by atoms with Crippen molar-refractivity contribution in [2.75, 3.05) is 0 Å². The van der Waals surface area contributed by atoms with Gasteiger partial charge in [0.2, 0.25) is 0 Å². The standard InChI is InChI=1S/C15H23O4P/c1-10-8-13(18-19-20(16)17)12(15(5,6)7)9-11(10)14(2,3)4/h8-9H,1-7H3/p+1. The van der Waals surface area contributed by atoms with E-state index in [1.54, 1.807) is 0 Å². The van der Waals surface area contributed by atoms with Gasteiger partial charge in [-0.1, -0.05) is 47.6 Å². The third kappa shape index (κ3) is 4.27. The van der Waals surface area contributed by atoms with Crippen LogP contribution < -0.4 is 4.89 Å². The second-order valence-electron chi connectivity index (χ2n) is 7.06. The second-order valence-corrected chi connectivity index (χ2v) is 7.68. The Morgan fingerprint density at radius 3 is 1.90 bits per heavy atom. The van der Waals surface area contributed by atoms with Crippen molar-refractivity contribution in [3.63, 3.8) is 0 Å². The van der Waals surface area contributed by atoms with Gasteiger partial charge in [-0.15, -0.1) is 4.89 Å². The third-order valence-corrected chi connectivity index (χ3v) is 3.34. The number of hydrogen-bond acceptors (Lipinski definition) is 3. The molecule has 1 unspecified atom stereocenters. The summed E-state index contributed by atoms with van der Waals surface area (Å²) in [6, 6.07) is 3.96. The van der Waals surface area contributed by atoms with Crippen LogP contribution >= 0.6 is 8.25 Å². The Bertz CT molecular complexity index is 510. The number of rotatable bonds is 3. The summed E-state index contributed by atoms with van der Waals surface area (Å²) in [6.45, 7) is 14.7. The molecule has 0 aliphatic carbocycles. The third-order valence-electron chi connectivity index (χ3n) is 3.13. The van der Waals surface area contributed by atoms with E-state index in [0.717, 1.165) is 11.1 Å². The molecule has 0 amide bonds. The molecule has 1 N–H and O–H groups in total. The van der Waals surface area contributed by atoms with E-state index in [1.165, 1.54) is 5.56 Å². The minimum atomic E-state index is -2.78. The van der Waals surface area contributed by atoms with E-state index in [9.17, 15) is 4.57 Å². The van der Waals surface area contributed by atoms with E-state index in [2.05, 4.69) is 52.3 Å². The first-order valence-electron chi connectivity index (χ1n) is 6.59. The lowest BCUT2D eigenvalue weighted by Gasteiger charge is -2.27. The molecule has 0 fully saturated rings. The van der Waals surface area contributed by atoms with Crippen LogP contribution in [0.4, 0.5) is 0 Å². The predicted octanol–water partition coefficient (Wildman–Crippen LogP) is 4.55. The Morgan fingerprint density at radius 1 is 1.00 bits per heavy atom. The van der Waals surface area contributed by atoms with E-state index >= 15 is 0 Å². The SMILES string of the molecule is Cc1cc(OO[P+](=O)O)c(C(C)(C)C)cc1C(C)(C)C. The monoisotopic (exact) mass is 299 g/mol. The van der Waals surface area contributed by atoms with Crippen LogP contribution in [0.3, 0.4) is 0 Å². The first-order chi connectivity index (χ1) is 8.93. The zero-order valence-electron chi connectivity index (χ0n) is 13.3. The van der Waals surface area contributed by atoms with Gasteiger partial charge in [-0.3, -0.25) is 4.89 Å². The molecule has 1 atom stereocenters. The lowest BCUT2D eigenvalue weighted by molar-refractivity contribution is -0.103. The highest BCUT2D eigenvalue weighted by molar-refractivity contribution is 7.31. The van der Waals surface area contributed by atoms with Crippen LogP contribution in [-0.4, -0.2) is 4.89 Å². The quantitative estimate of drug-likeness (QED) is 0.505. The van der Waals surface area contributed by atoms with Crippen LogP contribution in [0.1, 0.15) is 58.2 Å². The fourth-order valence-electron chi connectivity index (χ4n) is 2.22. The molecule has 0 bridgehead atoms. The molecule has 1 aromatic carbocycles. The van der Waals surface area contributed by atoms with Crippen molar-refractivity contribution in [3.05, 3.63) is 28.8 Å². The minimum absolute atomic E-state index is 0.0194. The smallest absolute Gasteiger partial charge is 0.291 e. The van der Waals surface area contributed by atoms with Gasteiger partial charge in [0, 0.05) is 10.1 Å². The van der Waals surface area contributed by atoms with Crippen LogP contribution in [-0.2, 0) is 20.1 Å². The number of hydrogen-bond donors (Lipinski definition) is 1. The highest BCUT2D eigenvalue weighted by Gasteiger charge is 2.27. The average Bonchev–Trinajstić information content (AvgIpc) is 2.22. The molecule has 1 aromatic rings. The van der Waals surface area contributed by atoms with Crippen molar-refractivity contribution in [2.24, 2.45) is 0 Å². The van der Waals surface area contributed by atoms with Gasteiger partial charge in [0.25, 0.3) is 0 Å². The van der Waals surface area contributed by atoms with Crippen molar-refractivity contribution in [3.8, 4) is 5.75 Å². The van der Waals surface area contributed by atoms with Crippen molar-refractivity contribution < 1.29 is 19.0 Å². The van der Waals surface area contributed by atoms with Gasteiger partial charge < -0.3 is 0 Å². The Hall–Kier alpha value is -0.960. The second kappa shape index (κ2) is 5.80. The summed E-state index contributed by atoms with van der Waals surface area (Å²) in [5.74, 6) is 0.486. The fraction of sp³-hybridized carbons (Fsp3) is 0.600. The molecule has 0 aliphatic rings. The summed E-state index contributed by atoms with van der Waals surface area (Å²) < 4.78 is 15.1. The highest BCUT2D eigenvalue weighted by atomic mass is 31.1. The molecule has 0 aromatic heterocycles. The summed E-state index contributed by atoms with van der Waals surface area (Å²) in [5, 5.41) is 0. The Kier molecular flexibility index (Phi) is 4.96. The molecular formula is C15H24O4P+. The Balaban J connectivity index is 3.37. The van der Waals surface area contributed by atoms with Crippen molar-refractivity contribution in [2.45, 2.75) is 59.3 Å². The molecule has 5 heteroatoms. The zero-order valence-corrected chi connectivity index (χ0v) is 14.2. The number of benzene rings is 1. The summed E-state index contributed by atoms with van der Waals surface area (Å²) in [6.07, 6.45) is 0. The maximum atomic E-state index is 10.6. The predicted molar refractivity (Wildman–Crippen MR) is 80.1 cm³/mol. The van der Waals surface area contributed by atoms with Crippen molar-refractivity contribution >= 4 is 8.25 Å². The maximum absolute atomic E-state index is 10.6. The highest BCUT2D eigenvalue weighted by Crippen LogP contribution is 2.38. The van der Waals surface area contributed by atoms with E-state index < -0.39 is 8.25 Å². The van der Waals surface area contributed by atoms with Crippen LogP contribution in [0.25, 0.3) is 0 Å². The number of aryl methyl sites for hydroxylation is 1. The molecule has 0 radical (unpaired) electrons. The lowest BCUT2D eigenvalue weighted by atomic mass is 9.78. The minimum Gasteiger partial charge on any atom is -0.291 e. The molecule has 0 saturated heterocycles. The van der Waals surface area contributed by atoms with E-state index in [-0.39, 0.29) is 10.8 Å². The zero-order chi connectivity index (χ0) is 15.7. The van der Waals surface area contributed by atoms with Gasteiger partial charge in [-0.25, -0.2) is 0 Å². The molecule has 0 saturated carbocycles.